The van der Waals surface area contributed by atoms with Crippen molar-refractivity contribution in [2.45, 2.75) is 13.1 Å². The summed E-state index contributed by atoms with van der Waals surface area (Å²) in [5, 5.41) is 9.78. The maximum absolute atomic E-state index is 9.01. The summed E-state index contributed by atoms with van der Waals surface area (Å²) in [5.74, 6) is 0. The second-order valence-electron chi connectivity index (χ2n) is 4.39. The topological polar surface area (TPSA) is 39.9 Å². The van der Waals surface area contributed by atoms with E-state index in [0.29, 0.717) is 12.2 Å². The highest BCUT2D eigenvalue weighted by Gasteiger charge is 2.08. The minimum absolute atomic E-state index is 0.480. The van der Waals surface area contributed by atoms with Crippen LogP contribution in [0.15, 0.2) is 42.6 Å². The van der Waals surface area contributed by atoms with Gasteiger partial charge in [0.2, 0.25) is 0 Å². The Kier molecular flexibility index (Phi) is 4.51. The minimum atomic E-state index is 0.480. The van der Waals surface area contributed by atoms with Gasteiger partial charge in [0, 0.05) is 29.9 Å². The summed E-state index contributed by atoms with van der Waals surface area (Å²) < 4.78 is 0. The van der Waals surface area contributed by atoms with Gasteiger partial charge in [0.1, 0.15) is 11.8 Å². The van der Waals surface area contributed by atoms with Crippen molar-refractivity contribution in [1.29, 1.82) is 5.26 Å². The molecule has 0 aliphatic heterocycles. The lowest BCUT2D eigenvalue weighted by Crippen LogP contribution is -2.18. The molecule has 0 amide bonds. The molecule has 2 aromatic rings. The van der Waals surface area contributed by atoms with E-state index in [1.807, 2.05) is 43.4 Å². The highest BCUT2D eigenvalue weighted by Crippen LogP contribution is 2.17. The van der Waals surface area contributed by atoms with Crippen molar-refractivity contribution < 1.29 is 0 Å². The van der Waals surface area contributed by atoms with Crippen molar-refractivity contribution in [2.75, 3.05) is 7.05 Å². The quantitative estimate of drug-likeness (QED) is 0.857. The Labute approximate surface area is 118 Å². The first-order valence-corrected chi connectivity index (χ1v) is 6.34. The predicted octanol–water partition coefficient (Wildman–Crippen LogP) is 3.24. The molecule has 96 valence electrons. The summed E-state index contributed by atoms with van der Waals surface area (Å²) in [5.41, 5.74) is 2.49. The second kappa shape index (κ2) is 6.33. The Hall–Kier alpha value is -1.89. The number of hydrogen-bond acceptors (Lipinski definition) is 3. The summed E-state index contributed by atoms with van der Waals surface area (Å²) in [4.78, 5) is 6.17. The summed E-state index contributed by atoms with van der Waals surface area (Å²) >= 11 is 6.14. The van der Waals surface area contributed by atoms with Crippen LogP contribution in [-0.2, 0) is 13.1 Å². The highest BCUT2D eigenvalue weighted by atomic mass is 35.5. The molecular weight excluding hydrogens is 258 g/mol. The number of nitriles is 1. The van der Waals surface area contributed by atoms with E-state index in [4.69, 9.17) is 16.9 Å². The average Bonchev–Trinajstić information content (AvgIpc) is 2.42. The van der Waals surface area contributed by atoms with Crippen molar-refractivity contribution in [1.82, 2.24) is 9.88 Å². The van der Waals surface area contributed by atoms with Gasteiger partial charge in [0.15, 0.2) is 0 Å². The number of halogens is 1. The van der Waals surface area contributed by atoms with Gasteiger partial charge in [-0.05, 0) is 24.7 Å². The molecule has 0 saturated heterocycles. The van der Waals surface area contributed by atoms with Crippen molar-refractivity contribution in [3.05, 3.63) is 64.4 Å². The molecule has 0 aliphatic carbocycles. The first kappa shape index (κ1) is 13.5. The number of pyridine rings is 1. The Bertz CT molecular complexity index is 604. The normalized spacial score (nSPS) is 10.4. The van der Waals surface area contributed by atoms with Crippen LogP contribution in [0.1, 0.15) is 16.8 Å². The van der Waals surface area contributed by atoms with Crippen molar-refractivity contribution in [2.24, 2.45) is 0 Å². The lowest BCUT2D eigenvalue weighted by Gasteiger charge is -2.17. The zero-order valence-corrected chi connectivity index (χ0v) is 11.4. The van der Waals surface area contributed by atoms with Crippen LogP contribution >= 0.6 is 11.6 Å². The smallest absolute Gasteiger partial charge is 0.144 e. The zero-order valence-electron chi connectivity index (χ0n) is 10.7. The van der Waals surface area contributed by atoms with Crippen LogP contribution in [0.5, 0.6) is 0 Å². The van der Waals surface area contributed by atoms with E-state index in [2.05, 4.69) is 16.0 Å². The fourth-order valence-electron chi connectivity index (χ4n) is 1.93. The van der Waals surface area contributed by atoms with E-state index in [0.717, 1.165) is 22.7 Å². The molecule has 0 N–H and O–H groups in total. The van der Waals surface area contributed by atoms with E-state index in [-0.39, 0.29) is 0 Å². The largest absolute Gasteiger partial charge is 0.298 e. The van der Waals surface area contributed by atoms with Crippen molar-refractivity contribution in [3.63, 3.8) is 0 Å². The highest BCUT2D eigenvalue weighted by molar-refractivity contribution is 6.31. The van der Waals surface area contributed by atoms with Crippen LogP contribution in [0, 0.1) is 11.3 Å². The maximum atomic E-state index is 9.01. The number of benzene rings is 1. The van der Waals surface area contributed by atoms with Gasteiger partial charge in [-0.2, -0.15) is 5.26 Å². The molecule has 0 radical (unpaired) electrons. The van der Waals surface area contributed by atoms with Gasteiger partial charge in [0.05, 0.1) is 0 Å². The average molecular weight is 272 g/mol. The Morgan fingerprint density at radius 2 is 1.84 bits per heavy atom. The summed E-state index contributed by atoms with van der Waals surface area (Å²) in [6, 6.07) is 13.7. The van der Waals surface area contributed by atoms with Crippen LogP contribution < -0.4 is 0 Å². The van der Waals surface area contributed by atoms with E-state index >= 15 is 0 Å². The molecule has 0 saturated carbocycles. The molecule has 0 bridgehead atoms. The summed E-state index contributed by atoms with van der Waals surface area (Å²) in [7, 11) is 2.00. The molecule has 1 aromatic carbocycles. The molecule has 0 fully saturated rings. The molecule has 0 unspecified atom stereocenters. The Morgan fingerprint density at radius 1 is 1.16 bits per heavy atom. The molecule has 0 spiro atoms. The molecule has 1 aromatic heterocycles. The Morgan fingerprint density at radius 3 is 2.58 bits per heavy atom. The number of aromatic nitrogens is 1. The molecule has 0 aliphatic rings. The van der Waals surface area contributed by atoms with Crippen LogP contribution in [0.2, 0.25) is 5.02 Å². The first-order valence-electron chi connectivity index (χ1n) is 5.96. The summed E-state index contributed by atoms with van der Waals surface area (Å²) in [6.45, 7) is 1.40. The molecule has 3 nitrogen and oxygen atoms in total. The number of nitrogens with zero attached hydrogens (tertiary/aromatic N) is 3. The van der Waals surface area contributed by atoms with Gasteiger partial charge < -0.3 is 0 Å². The first-order chi connectivity index (χ1) is 9.20. The molecular formula is C15H14ClN3. The minimum Gasteiger partial charge on any atom is -0.298 e. The fourth-order valence-corrected chi connectivity index (χ4v) is 2.13. The lowest BCUT2D eigenvalue weighted by molar-refractivity contribution is 0.318. The monoisotopic (exact) mass is 271 g/mol. The van der Waals surface area contributed by atoms with Crippen LogP contribution in [0.25, 0.3) is 0 Å². The lowest BCUT2D eigenvalue weighted by atomic mass is 10.1. The van der Waals surface area contributed by atoms with Gasteiger partial charge in [-0.3, -0.25) is 4.90 Å². The van der Waals surface area contributed by atoms with Gasteiger partial charge in [-0.15, -0.1) is 0 Å². The van der Waals surface area contributed by atoms with E-state index in [9.17, 15) is 0 Å². The molecule has 0 atom stereocenters. The SMILES string of the molecule is CN(Cc1ccccc1Cl)Cc1cccnc1C#N. The van der Waals surface area contributed by atoms with Crippen LogP contribution in [-0.4, -0.2) is 16.9 Å². The Balaban J connectivity index is 2.08. The third-order valence-corrected chi connectivity index (χ3v) is 3.20. The zero-order chi connectivity index (χ0) is 13.7. The van der Waals surface area contributed by atoms with E-state index < -0.39 is 0 Å². The third-order valence-electron chi connectivity index (χ3n) is 2.84. The van der Waals surface area contributed by atoms with Gasteiger partial charge in [0.25, 0.3) is 0 Å². The van der Waals surface area contributed by atoms with E-state index in [1.165, 1.54) is 0 Å². The van der Waals surface area contributed by atoms with Gasteiger partial charge in [-0.1, -0.05) is 35.9 Å². The molecule has 4 heteroatoms. The molecule has 1 heterocycles. The number of hydrogen-bond donors (Lipinski definition) is 0. The van der Waals surface area contributed by atoms with Crippen molar-refractivity contribution in [3.8, 4) is 6.07 Å². The van der Waals surface area contributed by atoms with Crippen LogP contribution in [0.4, 0.5) is 0 Å². The molecule has 19 heavy (non-hydrogen) atoms. The standard InChI is InChI=1S/C15H14ClN3/c1-19(10-12-5-2-3-7-14(12)16)11-13-6-4-8-18-15(13)9-17/h2-8H,10-11H2,1H3. The number of rotatable bonds is 4. The van der Waals surface area contributed by atoms with E-state index in [1.54, 1.807) is 6.20 Å². The fraction of sp³-hybridized carbons (Fsp3) is 0.200. The third kappa shape index (κ3) is 3.54. The maximum Gasteiger partial charge on any atom is 0.144 e. The predicted molar refractivity (Wildman–Crippen MR) is 75.6 cm³/mol. The van der Waals surface area contributed by atoms with Crippen molar-refractivity contribution >= 4 is 11.6 Å². The van der Waals surface area contributed by atoms with Crippen LogP contribution in [0.3, 0.4) is 0 Å². The van der Waals surface area contributed by atoms with Gasteiger partial charge >= 0.3 is 0 Å². The summed E-state index contributed by atoms with van der Waals surface area (Å²) in [6.07, 6.45) is 1.64. The second-order valence-corrected chi connectivity index (χ2v) is 4.79. The molecule has 2 rings (SSSR count). The van der Waals surface area contributed by atoms with Gasteiger partial charge in [-0.25, -0.2) is 4.98 Å².